The van der Waals surface area contributed by atoms with Gasteiger partial charge in [0, 0.05) is 6.54 Å². The van der Waals surface area contributed by atoms with Crippen molar-refractivity contribution >= 4 is 12.1 Å². The van der Waals surface area contributed by atoms with Gasteiger partial charge in [0.15, 0.2) is 0 Å². The number of hydrogen-bond donors (Lipinski definition) is 1. The third-order valence-electron chi connectivity index (χ3n) is 5.07. The van der Waals surface area contributed by atoms with E-state index in [2.05, 4.69) is 25.7 Å². The molecule has 0 radical (unpaired) electrons. The standard InChI is InChI=1S/C22H43NO5/c1-4-7-8-9-10-11-12-13-14-15-17-20(21(24)25)28-22(26)27-19-16-18-23(5-2)6-3/h20H,4-19H2,1-3H3,(H,24,25). The molecule has 0 spiro atoms. The van der Waals surface area contributed by atoms with Crippen LogP contribution < -0.4 is 0 Å². The van der Waals surface area contributed by atoms with Crippen molar-refractivity contribution in [3.63, 3.8) is 0 Å². The SMILES string of the molecule is CCCCCCCCCCCCC(OC(=O)OCCCN(CC)CC)C(=O)O. The summed E-state index contributed by atoms with van der Waals surface area (Å²) in [7, 11) is 0. The molecule has 0 aliphatic carbocycles. The summed E-state index contributed by atoms with van der Waals surface area (Å²) in [4.78, 5) is 25.2. The van der Waals surface area contributed by atoms with Crippen molar-refractivity contribution in [1.29, 1.82) is 0 Å². The van der Waals surface area contributed by atoms with E-state index < -0.39 is 18.2 Å². The van der Waals surface area contributed by atoms with Crippen LogP contribution in [0.15, 0.2) is 0 Å². The van der Waals surface area contributed by atoms with E-state index in [1.165, 1.54) is 44.9 Å². The second kappa shape index (κ2) is 19.0. The molecule has 0 aromatic carbocycles. The minimum Gasteiger partial charge on any atom is -0.479 e. The Kier molecular flexibility index (Phi) is 18.2. The molecule has 1 N–H and O–H groups in total. The highest BCUT2D eigenvalue weighted by Gasteiger charge is 2.22. The Morgan fingerprint density at radius 3 is 1.86 bits per heavy atom. The third kappa shape index (κ3) is 15.7. The van der Waals surface area contributed by atoms with Crippen LogP contribution in [0.4, 0.5) is 4.79 Å². The lowest BCUT2D eigenvalue weighted by atomic mass is 10.0. The summed E-state index contributed by atoms with van der Waals surface area (Å²) in [6.07, 6.45) is 10.9. The van der Waals surface area contributed by atoms with Gasteiger partial charge < -0.3 is 19.5 Å². The van der Waals surface area contributed by atoms with Crippen LogP contribution in [-0.4, -0.2) is 54.5 Å². The first kappa shape index (κ1) is 26.7. The molecule has 0 saturated heterocycles. The highest BCUT2D eigenvalue weighted by molar-refractivity contribution is 5.75. The van der Waals surface area contributed by atoms with E-state index in [9.17, 15) is 14.7 Å². The molecule has 1 unspecified atom stereocenters. The smallest absolute Gasteiger partial charge is 0.479 e. The Morgan fingerprint density at radius 2 is 1.36 bits per heavy atom. The number of carboxylic acid groups (broad SMARTS) is 1. The summed E-state index contributed by atoms with van der Waals surface area (Å²) < 4.78 is 9.99. The van der Waals surface area contributed by atoms with Gasteiger partial charge in [0.1, 0.15) is 0 Å². The van der Waals surface area contributed by atoms with Crippen molar-refractivity contribution < 1.29 is 24.2 Å². The predicted octanol–water partition coefficient (Wildman–Crippen LogP) is 5.64. The van der Waals surface area contributed by atoms with Gasteiger partial charge in [-0.25, -0.2) is 9.59 Å². The van der Waals surface area contributed by atoms with Gasteiger partial charge in [0.05, 0.1) is 6.61 Å². The fourth-order valence-electron chi connectivity index (χ4n) is 3.18. The number of aliphatic carboxylic acids is 1. The fourth-order valence-corrected chi connectivity index (χ4v) is 3.18. The van der Waals surface area contributed by atoms with Crippen molar-refractivity contribution in [3.8, 4) is 0 Å². The van der Waals surface area contributed by atoms with Crippen LogP contribution >= 0.6 is 0 Å². The normalized spacial score (nSPS) is 12.1. The number of unbranched alkanes of at least 4 members (excludes halogenated alkanes) is 9. The van der Waals surface area contributed by atoms with Gasteiger partial charge in [0.25, 0.3) is 0 Å². The van der Waals surface area contributed by atoms with E-state index in [4.69, 9.17) is 9.47 Å². The van der Waals surface area contributed by atoms with Crippen LogP contribution in [0.25, 0.3) is 0 Å². The van der Waals surface area contributed by atoms with Crippen LogP contribution in [-0.2, 0) is 14.3 Å². The summed E-state index contributed by atoms with van der Waals surface area (Å²) in [6, 6.07) is 0. The summed E-state index contributed by atoms with van der Waals surface area (Å²) in [5.74, 6) is -1.10. The number of nitrogens with zero attached hydrogens (tertiary/aromatic N) is 1. The summed E-state index contributed by atoms with van der Waals surface area (Å²) in [5.41, 5.74) is 0. The molecule has 1 atom stereocenters. The minimum atomic E-state index is -1.11. The number of rotatable bonds is 19. The molecule has 166 valence electrons. The lowest BCUT2D eigenvalue weighted by Crippen LogP contribution is -2.28. The van der Waals surface area contributed by atoms with E-state index in [0.717, 1.165) is 38.9 Å². The minimum absolute atomic E-state index is 0.250. The van der Waals surface area contributed by atoms with Crippen LogP contribution in [0, 0.1) is 0 Å². The molecule has 6 heteroatoms. The quantitative estimate of drug-likeness (QED) is 0.223. The molecule has 0 aliphatic heterocycles. The average molecular weight is 402 g/mol. The lowest BCUT2D eigenvalue weighted by molar-refractivity contribution is -0.148. The Labute approximate surface area is 172 Å². The zero-order valence-electron chi connectivity index (χ0n) is 18.4. The van der Waals surface area contributed by atoms with Gasteiger partial charge in [-0.1, -0.05) is 78.6 Å². The van der Waals surface area contributed by atoms with Gasteiger partial charge in [0.2, 0.25) is 6.10 Å². The molecule has 0 aliphatic rings. The Hall–Kier alpha value is -1.30. The van der Waals surface area contributed by atoms with E-state index in [-0.39, 0.29) is 6.61 Å². The van der Waals surface area contributed by atoms with Gasteiger partial charge >= 0.3 is 12.1 Å². The second-order valence-electron chi connectivity index (χ2n) is 7.39. The third-order valence-corrected chi connectivity index (χ3v) is 5.07. The number of carbonyl (C=O) groups excluding carboxylic acids is 1. The molecular formula is C22H43NO5. The highest BCUT2D eigenvalue weighted by Crippen LogP contribution is 2.13. The van der Waals surface area contributed by atoms with Crippen molar-refractivity contribution in [1.82, 2.24) is 4.90 Å². The van der Waals surface area contributed by atoms with Gasteiger partial charge in [-0.05, 0) is 32.4 Å². The van der Waals surface area contributed by atoms with Crippen molar-refractivity contribution in [3.05, 3.63) is 0 Å². The molecular weight excluding hydrogens is 358 g/mol. The lowest BCUT2D eigenvalue weighted by Gasteiger charge is -2.18. The molecule has 0 fully saturated rings. The molecule has 0 amide bonds. The second-order valence-corrected chi connectivity index (χ2v) is 7.39. The van der Waals surface area contributed by atoms with Gasteiger partial charge in [-0.15, -0.1) is 0 Å². The number of carbonyl (C=O) groups is 2. The fraction of sp³-hybridized carbons (Fsp3) is 0.909. The first-order chi connectivity index (χ1) is 13.5. The first-order valence-electron chi connectivity index (χ1n) is 11.3. The Bertz CT molecular complexity index is 385. The molecule has 6 nitrogen and oxygen atoms in total. The molecule has 0 aromatic heterocycles. The number of ether oxygens (including phenoxy) is 2. The predicted molar refractivity (Wildman–Crippen MR) is 113 cm³/mol. The van der Waals surface area contributed by atoms with Gasteiger partial charge in [-0.3, -0.25) is 0 Å². The molecule has 0 bridgehead atoms. The maximum absolute atomic E-state index is 11.7. The van der Waals surface area contributed by atoms with Crippen LogP contribution in [0.1, 0.15) is 97.8 Å². The number of hydrogen-bond acceptors (Lipinski definition) is 5. The topological polar surface area (TPSA) is 76.1 Å². The maximum Gasteiger partial charge on any atom is 0.509 e. The zero-order chi connectivity index (χ0) is 21.0. The largest absolute Gasteiger partial charge is 0.509 e. The van der Waals surface area contributed by atoms with E-state index in [1.54, 1.807) is 0 Å². The molecule has 0 rings (SSSR count). The monoisotopic (exact) mass is 401 g/mol. The maximum atomic E-state index is 11.7. The molecule has 0 heterocycles. The zero-order valence-corrected chi connectivity index (χ0v) is 18.4. The average Bonchev–Trinajstić information content (AvgIpc) is 2.68. The van der Waals surface area contributed by atoms with Crippen molar-refractivity contribution in [2.45, 2.75) is 104 Å². The van der Waals surface area contributed by atoms with Crippen LogP contribution in [0.5, 0.6) is 0 Å². The Morgan fingerprint density at radius 1 is 0.821 bits per heavy atom. The van der Waals surface area contributed by atoms with Crippen LogP contribution in [0.3, 0.4) is 0 Å². The number of carboxylic acids is 1. The highest BCUT2D eigenvalue weighted by atomic mass is 16.7. The molecule has 0 saturated carbocycles. The van der Waals surface area contributed by atoms with E-state index >= 15 is 0 Å². The van der Waals surface area contributed by atoms with Crippen molar-refractivity contribution in [2.75, 3.05) is 26.2 Å². The first-order valence-corrected chi connectivity index (χ1v) is 11.3. The summed E-state index contributed by atoms with van der Waals surface area (Å²) >= 11 is 0. The van der Waals surface area contributed by atoms with Gasteiger partial charge in [-0.2, -0.15) is 0 Å². The summed E-state index contributed by atoms with van der Waals surface area (Å²) in [5, 5.41) is 9.23. The molecule has 0 aromatic rings. The van der Waals surface area contributed by atoms with Crippen molar-refractivity contribution in [2.24, 2.45) is 0 Å². The van der Waals surface area contributed by atoms with Crippen LogP contribution in [0.2, 0.25) is 0 Å². The Balaban J connectivity index is 3.77. The van der Waals surface area contributed by atoms with E-state index in [1.807, 2.05) is 0 Å². The van der Waals surface area contributed by atoms with E-state index in [0.29, 0.717) is 12.8 Å². The summed E-state index contributed by atoms with van der Waals surface area (Å²) in [6.45, 7) is 9.41. The molecule has 28 heavy (non-hydrogen) atoms.